The number of nitrogens with one attached hydrogen (secondary N) is 1. The molecule has 1 atom stereocenters. The van der Waals surface area contributed by atoms with Gasteiger partial charge < -0.3 is 5.32 Å². The third kappa shape index (κ3) is 4.57. The summed E-state index contributed by atoms with van der Waals surface area (Å²) in [7, 11) is 0. The lowest BCUT2D eigenvalue weighted by atomic mass is 10.1. The third-order valence-electron chi connectivity index (χ3n) is 4.38. The summed E-state index contributed by atoms with van der Waals surface area (Å²) in [4.78, 5) is 24.7. The number of carbonyl (C=O) groups excluding carboxylic acids is 2. The quantitative estimate of drug-likeness (QED) is 0.870. The molecule has 0 saturated heterocycles. The minimum absolute atomic E-state index is 0.0354. The van der Waals surface area contributed by atoms with Crippen molar-refractivity contribution in [3.8, 4) is 0 Å². The highest BCUT2D eigenvalue weighted by atomic mass is 16.2. The zero-order chi connectivity index (χ0) is 18.4. The van der Waals surface area contributed by atoms with E-state index in [0.29, 0.717) is 24.2 Å². The van der Waals surface area contributed by atoms with Gasteiger partial charge in [0.1, 0.15) is 5.71 Å². The molecule has 0 fully saturated rings. The number of anilines is 1. The maximum absolute atomic E-state index is 12.5. The van der Waals surface area contributed by atoms with Crippen molar-refractivity contribution in [3.63, 3.8) is 0 Å². The van der Waals surface area contributed by atoms with E-state index >= 15 is 0 Å². The fraction of sp³-hybridized carbons (Fsp3) is 0.286. The largest absolute Gasteiger partial charge is 0.348 e. The molecule has 0 radical (unpaired) electrons. The van der Waals surface area contributed by atoms with Crippen LogP contribution in [0.3, 0.4) is 0 Å². The number of rotatable bonds is 6. The molecular weight excluding hydrogens is 326 g/mol. The van der Waals surface area contributed by atoms with Gasteiger partial charge >= 0.3 is 0 Å². The molecule has 5 heteroatoms. The van der Waals surface area contributed by atoms with E-state index in [1.54, 1.807) is 0 Å². The lowest BCUT2D eigenvalue weighted by molar-refractivity contribution is -0.119. The van der Waals surface area contributed by atoms with Crippen LogP contribution in [-0.2, 0) is 16.0 Å². The van der Waals surface area contributed by atoms with Crippen molar-refractivity contribution in [1.29, 1.82) is 0 Å². The first-order chi connectivity index (χ1) is 12.6. The maximum Gasteiger partial charge on any atom is 0.267 e. The van der Waals surface area contributed by atoms with Crippen LogP contribution in [0.2, 0.25) is 0 Å². The average Bonchev–Trinajstić information content (AvgIpc) is 2.68. The van der Waals surface area contributed by atoms with Gasteiger partial charge in [0.25, 0.3) is 5.91 Å². The second kappa shape index (κ2) is 8.43. The molecule has 0 spiro atoms. The number of carbonyl (C=O) groups is 2. The Balaban J connectivity index is 1.60. The van der Waals surface area contributed by atoms with Crippen LogP contribution in [0, 0.1) is 0 Å². The summed E-state index contributed by atoms with van der Waals surface area (Å²) in [5, 5.41) is 8.62. The minimum Gasteiger partial charge on any atom is -0.348 e. The Kier molecular flexibility index (Phi) is 5.79. The van der Waals surface area contributed by atoms with Crippen LogP contribution in [0.25, 0.3) is 0 Å². The second-order valence-corrected chi connectivity index (χ2v) is 6.49. The Morgan fingerprint density at radius 3 is 2.42 bits per heavy atom. The van der Waals surface area contributed by atoms with Gasteiger partial charge in [0.05, 0.1) is 5.69 Å². The van der Waals surface area contributed by atoms with Crippen LogP contribution in [0.5, 0.6) is 0 Å². The van der Waals surface area contributed by atoms with Crippen LogP contribution in [0.15, 0.2) is 65.8 Å². The van der Waals surface area contributed by atoms with Crippen LogP contribution in [0.1, 0.15) is 31.7 Å². The van der Waals surface area contributed by atoms with E-state index in [9.17, 15) is 9.59 Å². The Labute approximate surface area is 153 Å². The number of benzene rings is 2. The average molecular weight is 349 g/mol. The first-order valence-corrected chi connectivity index (χ1v) is 8.94. The Bertz CT molecular complexity index is 787. The van der Waals surface area contributed by atoms with Crippen molar-refractivity contribution < 1.29 is 9.59 Å². The van der Waals surface area contributed by atoms with E-state index in [4.69, 9.17) is 0 Å². The van der Waals surface area contributed by atoms with Gasteiger partial charge in [0.2, 0.25) is 5.91 Å². The van der Waals surface area contributed by atoms with Gasteiger partial charge in [0, 0.05) is 18.9 Å². The molecule has 2 aromatic rings. The standard InChI is InChI=1S/C21H23N3O2/c1-16(12-13-17-8-4-2-5-9-17)22-21(26)19-14-15-20(25)24(23-19)18-10-6-3-7-11-18/h2-11,16H,12-15H2,1H3,(H,22,26)/t16-/m1/s1. The van der Waals surface area contributed by atoms with Crippen molar-refractivity contribution in [3.05, 3.63) is 66.2 Å². The van der Waals surface area contributed by atoms with Gasteiger partial charge in [-0.3, -0.25) is 9.59 Å². The van der Waals surface area contributed by atoms with E-state index < -0.39 is 0 Å². The maximum atomic E-state index is 12.5. The molecule has 0 unspecified atom stereocenters. The minimum atomic E-state index is -0.195. The van der Waals surface area contributed by atoms with Gasteiger partial charge in [-0.05, 0) is 37.5 Å². The Hall–Kier alpha value is -2.95. The van der Waals surface area contributed by atoms with Crippen molar-refractivity contribution in [2.45, 2.75) is 38.6 Å². The van der Waals surface area contributed by atoms with E-state index in [-0.39, 0.29) is 17.9 Å². The predicted molar refractivity (Wildman–Crippen MR) is 103 cm³/mol. The van der Waals surface area contributed by atoms with Crippen LogP contribution < -0.4 is 10.3 Å². The highest BCUT2D eigenvalue weighted by Gasteiger charge is 2.26. The molecule has 1 heterocycles. The van der Waals surface area contributed by atoms with Crippen LogP contribution in [0.4, 0.5) is 5.69 Å². The van der Waals surface area contributed by atoms with Gasteiger partial charge in [-0.25, -0.2) is 5.01 Å². The molecule has 5 nitrogen and oxygen atoms in total. The molecule has 0 bridgehead atoms. The summed E-state index contributed by atoms with van der Waals surface area (Å²) in [6.45, 7) is 1.99. The predicted octanol–water partition coefficient (Wildman–Crippen LogP) is 3.31. The lowest BCUT2D eigenvalue weighted by Crippen LogP contribution is -2.42. The number of hydrogen-bond acceptors (Lipinski definition) is 3. The molecule has 0 aromatic heterocycles. The zero-order valence-corrected chi connectivity index (χ0v) is 14.9. The van der Waals surface area contributed by atoms with Crippen molar-refractivity contribution in [1.82, 2.24) is 5.32 Å². The van der Waals surface area contributed by atoms with E-state index in [2.05, 4.69) is 22.6 Å². The summed E-state index contributed by atoms with van der Waals surface area (Å²) in [6.07, 6.45) is 2.42. The molecule has 3 rings (SSSR count). The monoisotopic (exact) mass is 349 g/mol. The number of amides is 2. The molecule has 1 aliphatic heterocycles. The first-order valence-electron chi connectivity index (χ1n) is 8.94. The van der Waals surface area contributed by atoms with Gasteiger partial charge in [0.15, 0.2) is 0 Å². The number of para-hydroxylation sites is 1. The summed E-state index contributed by atoms with van der Waals surface area (Å²) in [6, 6.07) is 19.4. The number of nitrogens with zero attached hydrogens (tertiary/aromatic N) is 2. The molecule has 2 aromatic carbocycles. The molecule has 134 valence electrons. The SMILES string of the molecule is C[C@H](CCc1ccccc1)NC(=O)C1=NN(c2ccccc2)C(=O)CC1. The molecule has 1 aliphatic rings. The molecule has 0 aliphatic carbocycles. The molecule has 2 amide bonds. The normalized spacial score (nSPS) is 15.3. The smallest absolute Gasteiger partial charge is 0.267 e. The van der Waals surface area contributed by atoms with E-state index in [1.807, 2.05) is 55.5 Å². The van der Waals surface area contributed by atoms with Crippen LogP contribution >= 0.6 is 0 Å². The second-order valence-electron chi connectivity index (χ2n) is 6.49. The van der Waals surface area contributed by atoms with E-state index in [1.165, 1.54) is 10.6 Å². The van der Waals surface area contributed by atoms with Crippen molar-refractivity contribution in [2.24, 2.45) is 5.10 Å². The van der Waals surface area contributed by atoms with Gasteiger partial charge in [-0.15, -0.1) is 0 Å². The fourth-order valence-corrected chi connectivity index (χ4v) is 2.89. The summed E-state index contributed by atoms with van der Waals surface area (Å²) in [5.74, 6) is -0.288. The van der Waals surface area contributed by atoms with Crippen molar-refractivity contribution in [2.75, 3.05) is 5.01 Å². The fourth-order valence-electron chi connectivity index (χ4n) is 2.89. The molecule has 1 N–H and O–H groups in total. The highest BCUT2D eigenvalue weighted by molar-refractivity contribution is 6.40. The number of hydrazone groups is 1. The zero-order valence-electron chi connectivity index (χ0n) is 14.9. The topological polar surface area (TPSA) is 61.8 Å². The van der Waals surface area contributed by atoms with Crippen LogP contribution in [-0.4, -0.2) is 23.6 Å². The van der Waals surface area contributed by atoms with Gasteiger partial charge in [-0.2, -0.15) is 5.10 Å². The van der Waals surface area contributed by atoms with Crippen molar-refractivity contribution >= 4 is 23.2 Å². The van der Waals surface area contributed by atoms with Gasteiger partial charge in [-0.1, -0.05) is 48.5 Å². The van der Waals surface area contributed by atoms with E-state index in [0.717, 1.165) is 12.8 Å². The number of hydrogen-bond donors (Lipinski definition) is 1. The molecule has 26 heavy (non-hydrogen) atoms. The molecule has 0 saturated carbocycles. The Morgan fingerprint density at radius 2 is 1.73 bits per heavy atom. The summed E-state index contributed by atoms with van der Waals surface area (Å²) in [5.41, 5.74) is 2.34. The highest BCUT2D eigenvalue weighted by Crippen LogP contribution is 2.19. The lowest BCUT2D eigenvalue weighted by Gasteiger charge is -2.24. The summed E-state index contributed by atoms with van der Waals surface area (Å²) < 4.78 is 0. The molecular formula is C21H23N3O2. The first kappa shape index (κ1) is 17.9. The third-order valence-corrected chi connectivity index (χ3v) is 4.38. The summed E-state index contributed by atoms with van der Waals surface area (Å²) >= 11 is 0. The number of aryl methyl sites for hydroxylation is 1. The Morgan fingerprint density at radius 1 is 1.08 bits per heavy atom.